The summed E-state index contributed by atoms with van der Waals surface area (Å²) in [6, 6.07) is 21.0. The molecule has 1 aliphatic heterocycles. The van der Waals surface area contributed by atoms with Crippen molar-refractivity contribution < 1.29 is 19.4 Å². The zero-order valence-electron chi connectivity index (χ0n) is 20.4. The van der Waals surface area contributed by atoms with Gasteiger partial charge in [0.2, 0.25) is 5.91 Å². The second-order valence-electron chi connectivity index (χ2n) is 8.79. The number of piperazine rings is 1. The Kier molecular flexibility index (Phi) is 8.11. The van der Waals surface area contributed by atoms with E-state index in [9.17, 15) is 9.90 Å². The highest BCUT2D eigenvalue weighted by atomic mass is 16.5. The number of phenols is 1. The minimum Gasteiger partial charge on any atom is -0.504 e. The second kappa shape index (κ2) is 11.6. The highest BCUT2D eigenvalue weighted by Gasteiger charge is 2.17. The number of anilines is 2. The molecule has 7 nitrogen and oxygen atoms in total. The molecule has 184 valence electrons. The molecule has 1 saturated heterocycles. The highest BCUT2D eigenvalue weighted by Crippen LogP contribution is 2.28. The molecule has 2 N–H and O–H groups in total. The largest absolute Gasteiger partial charge is 0.504 e. The van der Waals surface area contributed by atoms with Crippen LogP contribution in [0.15, 0.2) is 66.7 Å². The molecule has 0 saturated carbocycles. The third-order valence-electron chi connectivity index (χ3n) is 6.25. The van der Waals surface area contributed by atoms with Gasteiger partial charge in [0.25, 0.3) is 0 Å². The van der Waals surface area contributed by atoms with Gasteiger partial charge in [-0.25, -0.2) is 0 Å². The predicted octanol–water partition coefficient (Wildman–Crippen LogP) is 4.30. The molecular formula is C28H33N3O4. The summed E-state index contributed by atoms with van der Waals surface area (Å²) in [6.45, 7) is 4.34. The van der Waals surface area contributed by atoms with Crippen LogP contribution in [-0.4, -0.2) is 56.3 Å². The molecule has 7 heteroatoms. The summed E-state index contributed by atoms with van der Waals surface area (Å²) in [5.74, 6) is 1.19. The van der Waals surface area contributed by atoms with E-state index in [1.165, 1.54) is 7.11 Å². The SMILES string of the molecule is COc1ccc(CCC(=O)Nc2ccc(N3CCN(C)CC3)cc2COc2ccccc2)cc1O. The van der Waals surface area contributed by atoms with Crippen molar-refractivity contribution in [3.8, 4) is 17.2 Å². The average Bonchev–Trinajstić information content (AvgIpc) is 2.88. The molecule has 1 fully saturated rings. The normalized spacial score (nSPS) is 13.9. The number of aromatic hydroxyl groups is 1. The lowest BCUT2D eigenvalue weighted by Crippen LogP contribution is -2.44. The van der Waals surface area contributed by atoms with Gasteiger partial charge in [-0.05, 0) is 61.5 Å². The summed E-state index contributed by atoms with van der Waals surface area (Å²) in [5.41, 5.74) is 3.69. The van der Waals surface area contributed by atoms with Gasteiger partial charge in [0.05, 0.1) is 7.11 Å². The van der Waals surface area contributed by atoms with Gasteiger partial charge in [0, 0.05) is 49.5 Å². The van der Waals surface area contributed by atoms with Crippen LogP contribution in [-0.2, 0) is 17.8 Å². The molecule has 1 amide bonds. The number of benzene rings is 3. The predicted molar refractivity (Wildman–Crippen MR) is 139 cm³/mol. The zero-order valence-corrected chi connectivity index (χ0v) is 20.4. The number of hydrogen-bond acceptors (Lipinski definition) is 6. The van der Waals surface area contributed by atoms with E-state index in [0.29, 0.717) is 25.2 Å². The van der Waals surface area contributed by atoms with E-state index in [2.05, 4.69) is 34.3 Å². The number of methoxy groups -OCH3 is 1. The van der Waals surface area contributed by atoms with Crippen LogP contribution in [0.5, 0.6) is 17.2 Å². The fourth-order valence-electron chi connectivity index (χ4n) is 4.12. The Hall–Kier alpha value is -3.71. The van der Waals surface area contributed by atoms with Crippen LogP contribution in [0.3, 0.4) is 0 Å². The molecule has 1 aliphatic rings. The number of amides is 1. The van der Waals surface area contributed by atoms with Crippen molar-refractivity contribution in [1.82, 2.24) is 4.90 Å². The first-order valence-electron chi connectivity index (χ1n) is 11.9. The fraction of sp³-hybridized carbons (Fsp3) is 0.321. The number of phenolic OH excluding ortho intramolecular Hbond substituents is 1. The Morgan fingerprint density at radius 1 is 1.00 bits per heavy atom. The van der Waals surface area contributed by atoms with Crippen LogP contribution < -0.4 is 19.7 Å². The minimum atomic E-state index is -0.0892. The van der Waals surface area contributed by atoms with Crippen LogP contribution >= 0.6 is 0 Å². The molecule has 0 spiro atoms. The van der Waals surface area contributed by atoms with Crippen molar-refractivity contribution in [1.29, 1.82) is 0 Å². The number of para-hydroxylation sites is 1. The monoisotopic (exact) mass is 475 g/mol. The summed E-state index contributed by atoms with van der Waals surface area (Å²) in [5, 5.41) is 13.0. The lowest BCUT2D eigenvalue weighted by Gasteiger charge is -2.34. The molecule has 0 atom stereocenters. The van der Waals surface area contributed by atoms with E-state index in [1.807, 2.05) is 42.5 Å². The van der Waals surface area contributed by atoms with Gasteiger partial charge in [-0.1, -0.05) is 24.3 Å². The quantitative estimate of drug-likeness (QED) is 0.481. The molecule has 0 unspecified atom stereocenters. The summed E-state index contributed by atoms with van der Waals surface area (Å²) >= 11 is 0. The van der Waals surface area contributed by atoms with Crippen LogP contribution in [0.25, 0.3) is 0 Å². The first-order chi connectivity index (χ1) is 17.0. The lowest BCUT2D eigenvalue weighted by molar-refractivity contribution is -0.116. The van der Waals surface area contributed by atoms with Gasteiger partial charge < -0.3 is 29.7 Å². The van der Waals surface area contributed by atoms with Crippen LogP contribution in [0.1, 0.15) is 17.5 Å². The summed E-state index contributed by atoms with van der Waals surface area (Å²) in [6.07, 6.45) is 0.809. The van der Waals surface area contributed by atoms with E-state index < -0.39 is 0 Å². The maximum Gasteiger partial charge on any atom is 0.224 e. The number of ether oxygens (including phenoxy) is 2. The number of hydrogen-bond donors (Lipinski definition) is 2. The van der Waals surface area contributed by atoms with E-state index in [4.69, 9.17) is 9.47 Å². The average molecular weight is 476 g/mol. The highest BCUT2D eigenvalue weighted by molar-refractivity contribution is 5.92. The van der Waals surface area contributed by atoms with Gasteiger partial charge in [0.15, 0.2) is 11.5 Å². The maximum atomic E-state index is 12.8. The van der Waals surface area contributed by atoms with Crippen molar-refractivity contribution in [2.45, 2.75) is 19.4 Å². The molecular weight excluding hydrogens is 442 g/mol. The van der Waals surface area contributed by atoms with E-state index in [0.717, 1.165) is 54.4 Å². The van der Waals surface area contributed by atoms with Crippen molar-refractivity contribution in [2.24, 2.45) is 0 Å². The van der Waals surface area contributed by atoms with Crippen LogP contribution in [0.2, 0.25) is 0 Å². The Morgan fingerprint density at radius 3 is 2.49 bits per heavy atom. The summed E-state index contributed by atoms with van der Waals surface area (Å²) < 4.78 is 11.1. The number of aryl methyl sites for hydroxylation is 1. The van der Waals surface area contributed by atoms with Gasteiger partial charge in [-0.3, -0.25) is 4.79 Å². The Labute approximate surface area is 206 Å². The Morgan fingerprint density at radius 2 is 1.77 bits per heavy atom. The fourth-order valence-corrected chi connectivity index (χ4v) is 4.12. The topological polar surface area (TPSA) is 74.3 Å². The minimum absolute atomic E-state index is 0.0743. The molecule has 0 bridgehead atoms. The van der Waals surface area contributed by atoms with Crippen molar-refractivity contribution in [3.05, 3.63) is 77.9 Å². The zero-order chi connectivity index (χ0) is 24.6. The summed E-state index contributed by atoms with van der Waals surface area (Å²) in [7, 11) is 3.65. The number of carbonyl (C=O) groups is 1. The first-order valence-corrected chi connectivity index (χ1v) is 11.9. The smallest absolute Gasteiger partial charge is 0.224 e. The Balaban J connectivity index is 1.45. The molecule has 0 radical (unpaired) electrons. The summed E-state index contributed by atoms with van der Waals surface area (Å²) in [4.78, 5) is 17.5. The van der Waals surface area contributed by atoms with Gasteiger partial charge in [0.1, 0.15) is 12.4 Å². The standard InChI is InChI=1S/C28H33N3O4/c1-30-14-16-31(17-15-30)23-10-11-25(22(19-23)20-35-24-6-4-3-5-7-24)29-28(33)13-9-21-8-12-27(34-2)26(32)18-21/h3-8,10-12,18-19,32H,9,13-17,20H2,1-2H3,(H,29,33). The molecule has 3 aromatic rings. The number of nitrogens with zero attached hydrogens (tertiary/aromatic N) is 2. The number of nitrogens with one attached hydrogen (secondary N) is 1. The molecule has 3 aromatic carbocycles. The van der Waals surface area contributed by atoms with Gasteiger partial charge >= 0.3 is 0 Å². The molecule has 4 rings (SSSR count). The molecule has 35 heavy (non-hydrogen) atoms. The van der Waals surface area contributed by atoms with Gasteiger partial charge in [-0.2, -0.15) is 0 Å². The molecule has 1 heterocycles. The van der Waals surface area contributed by atoms with Crippen molar-refractivity contribution >= 4 is 17.3 Å². The van der Waals surface area contributed by atoms with E-state index >= 15 is 0 Å². The second-order valence-corrected chi connectivity index (χ2v) is 8.79. The van der Waals surface area contributed by atoms with E-state index in [1.54, 1.807) is 12.1 Å². The third kappa shape index (κ3) is 6.67. The Bertz CT molecular complexity index is 1130. The number of rotatable bonds is 9. The van der Waals surface area contributed by atoms with Crippen LogP contribution in [0.4, 0.5) is 11.4 Å². The van der Waals surface area contributed by atoms with Crippen LogP contribution in [0, 0.1) is 0 Å². The molecule has 0 aromatic heterocycles. The molecule has 0 aliphatic carbocycles. The third-order valence-corrected chi connectivity index (χ3v) is 6.25. The maximum absolute atomic E-state index is 12.8. The lowest BCUT2D eigenvalue weighted by atomic mass is 10.1. The van der Waals surface area contributed by atoms with Gasteiger partial charge in [-0.15, -0.1) is 0 Å². The first kappa shape index (κ1) is 24.4. The number of carbonyl (C=O) groups excluding carboxylic acids is 1. The van der Waals surface area contributed by atoms with Crippen molar-refractivity contribution in [2.75, 3.05) is 50.6 Å². The number of likely N-dealkylation sites (N-methyl/N-ethyl adjacent to an activating group) is 1. The van der Waals surface area contributed by atoms with Crippen molar-refractivity contribution in [3.63, 3.8) is 0 Å². The van der Waals surface area contributed by atoms with E-state index in [-0.39, 0.29) is 11.7 Å².